The Kier molecular flexibility index (Phi) is 4.44. The number of aromatic nitrogens is 3. The highest BCUT2D eigenvalue weighted by molar-refractivity contribution is 5.82. The second kappa shape index (κ2) is 5.83. The van der Waals surface area contributed by atoms with E-state index < -0.39 is 18.0 Å². The molecule has 0 aliphatic carbocycles. The highest BCUT2D eigenvalue weighted by Crippen LogP contribution is 1.97. The average Bonchev–Trinajstić information content (AvgIpc) is 2.77. The number of H-pyrrole nitrogens is 1. The molecular weight excluding hydrogens is 226 g/mol. The molecule has 0 bridgehead atoms. The molecule has 1 heterocycles. The third-order valence-electron chi connectivity index (χ3n) is 2.20. The summed E-state index contributed by atoms with van der Waals surface area (Å²) in [5.74, 6) is -0.514. The standard InChI is InChI=1S/C9H15N5O3/c1-3-6(8(15)16)12-9(17)14(2)4-7-10-5-11-13-7/h5-6H,3-4H2,1-2H3,(H,12,17)(H,15,16)(H,10,11,13)/t6-/m1/s1. The van der Waals surface area contributed by atoms with E-state index in [0.717, 1.165) is 0 Å². The number of carbonyl (C=O) groups excluding carboxylic acids is 1. The van der Waals surface area contributed by atoms with Gasteiger partial charge in [-0.05, 0) is 6.42 Å². The summed E-state index contributed by atoms with van der Waals surface area (Å²) in [6.07, 6.45) is 1.67. The molecule has 0 fully saturated rings. The normalized spacial score (nSPS) is 11.9. The molecule has 8 heteroatoms. The predicted molar refractivity (Wildman–Crippen MR) is 58.1 cm³/mol. The first-order chi connectivity index (χ1) is 8.04. The Morgan fingerprint density at radius 2 is 2.35 bits per heavy atom. The van der Waals surface area contributed by atoms with Crippen molar-refractivity contribution in [2.45, 2.75) is 25.9 Å². The fraction of sp³-hybridized carbons (Fsp3) is 0.556. The van der Waals surface area contributed by atoms with Gasteiger partial charge in [0, 0.05) is 7.05 Å². The van der Waals surface area contributed by atoms with Gasteiger partial charge in [0.2, 0.25) is 0 Å². The second-order valence-corrected chi connectivity index (χ2v) is 3.54. The van der Waals surface area contributed by atoms with Crippen LogP contribution >= 0.6 is 0 Å². The lowest BCUT2D eigenvalue weighted by atomic mass is 10.2. The highest BCUT2D eigenvalue weighted by Gasteiger charge is 2.20. The first-order valence-corrected chi connectivity index (χ1v) is 5.13. The molecule has 3 N–H and O–H groups in total. The van der Waals surface area contributed by atoms with Crippen molar-refractivity contribution in [2.75, 3.05) is 7.05 Å². The maximum atomic E-state index is 11.6. The van der Waals surface area contributed by atoms with Crippen LogP contribution in [0.3, 0.4) is 0 Å². The summed E-state index contributed by atoms with van der Waals surface area (Å²) in [5, 5.41) is 17.5. The predicted octanol–water partition coefficient (Wildman–Crippen LogP) is -0.191. The molecule has 0 aliphatic rings. The van der Waals surface area contributed by atoms with Gasteiger partial charge < -0.3 is 15.3 Å². The van der Waals surface area contributed by atoms with Crippen molar-refractivity contribution in [1.29, 1.82) is 0 Å². The van der Waals surface area contributed by atoms with Crippen LogP contribution in [0.1, 0.15) is 19.2 Å². The van der Waals surface area contributed by atoms with Gasteiger partial charge in [-0.2, -0.15) is 5.10 Å². The van der Waals surface area contributed by atoms with Crippen LogP contribution in [0.5, 0.6) is 0 Å². The Morgan fingerprint density at radius 3 is 2.82 bits per heavy atom. The molecule has 0 saturated heterocycles. The molecule has 0 aromatic carbocycles. The number of hydrogen-bond donors (Lipinski definition) is 3. The molecule has 2 amide bonds. The molecule has 0 unspecified atom stereocenters. The Bertz CT molecular complexity index is 378. The number of carboxylic acids is 1. The number of carboxylic acid groups (broad SMARTS) is 1. The number of rotatable bonds is 5. The maximum Gasteiger partial charge on any atom is 0.326 e. The van der Waals surface area contributed by atoms with Gasteiger partial charge in [0.05, 0.1) is 6.54 Å². The monoisotopic (exact) mass is 241 g/mol. The maximum absolute atomic E-state index is 11.6. The molecule has 0 spiro atoms. The topological polar surface area (TPSA) is 111 Å². The third kappa shape index (κ3) is 3.74. The molecule has 1 atom stereocenters. The van der Waals surface area contributed by atoms with Gasteiger partial charge in [-0.15, -0.1) is 0 Å². The van der Waals surface area contributed by atoms with E-state index in [2.05, 4.69) is 20.5 Å². The van der Waals surface area contributed by atoms with Gasteiger partial charge in [0.25, 0.3) is 0 Å². The second-order valence-electron chi connectivity index (χ2n) is 3.54. The Balaban J connectivity index is 2.49. The van der Waals surface area contributed by atoms with E-state index in [0.29, 0.717) is 12.2 Å². The Hall–Kier alpha value is -2.12. The van der Waals surface area contributed by atoms with Crippen molar-refractivity contribution in [3.05, 3.63) is 12.2 Å². The molecule has 1 rings (SSSR count). The zero-order valence-electron chi connectivity index (χ0n) is 9.67. The molecule has 94 valence electrons. The van der Waals surface area contributed by atoms with Crippen molar-refractivity contribution in [3.8, 4) is 0 Å². The minimum Gasteiger partial charge on any atom is -0.480 e. The van der Waals surface area contributed by atoms with Crippen LogP contribution in [0.4, 0.5) is 4.79 Å². The zero-order chi connectivity index (χ0) is 12.8. The molecule has 0 radical (unpaired) electrons. The molecule has 0 saturated carbocycles. The lowest BCUT2D eigenvalue weighted by Crippen LogP contribution is -2.46. The summed E-state index contributed by atoms with van der Waals surface area (Å²) < 4.78 is 0. The number of aromatic amines is 1. The van der Waals surface area contributed by atoms with Crippen LogP contribution in [0.15, 0.2) is 6.33 Å². The summed E-state index contributed by atoms with van der Waals surface area (Å²) in [4.78, 5) is 27.6. The smallest absolute Gasteiger partial charge is 0.326 e. The fourth-order valence-corrected chi connectivity index (χ4v) is 1.20. The Morgan fingerprint density at radius 1 is 1.65 bits per heavy atom. The molecule has 17 heavy (non-hydrogen) atoms. The molecule has 0 aliphatic heterocycles. The van der Waals surface area contributed by atoms with Crippen molar-refractivity contribution >= 4 is 12.0 Å². The first kappa shape index (κ1) is 12.9. The van der Waals surface area contributed by atoms with E-state index in [-0.39, 0.29) is 6.54 Å². The number of amides is 2. The Labute approximate surface area is 98.0 Å². The lowest BCUT2D eigenvalue weighted by molar-refractivity contribution is -0.139. The van der Waals surface area contributed by atoms with E-state index in [1.54, 1.807) is 14.0 Å². The van der Waals surface area contributed by atoms with Crippen LogP contribution in [-0.2, 0) is 11.3 Å². The molecule has 1 aromatic rings. The largest absolute Gasteiger partial charge is 0.480 e. The van der Waals surface area contributed by atoms with Crippen molar-refractivity contribution in [2.24, 2.45) is 0 Å². The summed E-state index contributed by atoms with van der Waals surface area (Å²) >= 11 is 0. The first-order valence-electron chi connectivity index (χ1n) is 5.13. The number of carbonyl (C=O) groups is 2. The van der Waals surface area contributed by atoms with E-state index in [1.807, 2.05) is 0 Å². The number of urea groups is 1. The number of hydrogen-bond acceptors (Lipinski definition) is 4. The van der Waals surface area contributed by atoms with Crippen LogP contribution < -0.4 is 5.32 Å². The number of aliphatic carboxylic acids is 1. The van der Waals surface area contributed by atoms with E-state index in [9.17, 15) is 9.59 Å². The van der Waals surface area contributed by atoms with E-state index >= 15 is 0 Å². The summed E-state index contributed by atoms with van der Waals surface area (Å²) in [5.41, 5.74) is 0. The average molecular weight is 241 g/mol. The molecule has 8 nitrogen and oxygen atoms in total. The zero-order valence-corrected chi connectivity index (χ0v) is 9.67. The molecule has 1 aromatic heterocycles. The van der Waals surface area contributed by atoms with Gasteiger partial charge in [0.1, 0.15) is 18.2 Å². The number of nitrogens with one attached hydrogen (secondary N) is 2. The van der Waals surface area contributed by atoms with Crippen molar-refractivity contribution in [1.82, 2.24) is 25.4 Å². The van der Waals surface area contributed by atoms with Gasteiger partial charge in [-0.3, -0.25) is 5.10 Å². The van der Waals surface area contributed by atoms with Crippen LogP contribution in [0.2, 0.25) is 0 Å². The lowest BCUT2D eigenvalue weighted by Gasteiger charge is -2.19. The number of nitrogens with zero attached hydrogens (tertiary/aromatic N) is 3. The minimum absolute atomic E-state index is 0.238. The SMILES string of the molecule is CC[C@@H](NC(=O)N(C)Cc1ncn[nH]1)C(=O)O. The van der Waals surface area contributed by atoms with Crippen molar-refractivity contribution in [3.63, 3.8) is 0 Å². The van der Waals surface area contributed by atoms with E-state index in [4.69, 9.17) is 5.11 Å². The van der Waals surface area contributed by atoms with Crippen LogP contribution in [0.25, 0.3) is 0 Å². The van der Waals surface area contributed by atoms with Gasteiger partial charge >= 0.3 is 12.0 Å². The quantitative estimate of drug-likeness (QED) is 0.661. The molecular formula is C9H15N5O3. The van der Waals surface area contributed by atoms with Crippen molar-refractivity contribution < 1.29 is 14.7 Å². The van der Waals surface area contributed by atoms with Gasteiger partial charge in [0.15, 0.2) is 0 Å². The van der Waals surface area contributed by atoms with Crippen LogP contribution in [-0.4, -0.2) is 50.3 Å². The summed E-state index contributed by atoms with van der Waals surface area (Å²) in [7, 11) is 1.55. The van der Waals surface area contributed by atoms with E-state index in [1.165, 1.54) is 11.2 Å². The fourth-order valence-electron chi connectivity index (χ4n) is 1.20. The van der Waals surface area contributed by atoms with Gasteiger partial charge in [-0.25, -0.2) is 14.6 Å². The van der Waals surface area contributed by atoms with Crippen LogP contribution in [0, 0.1) is 0 Å². The van der Waals surface area contributed by atoms with Gasteiger partial charge in [-0.1, -0.05) is 6.92 Å². The highest BCUT2D eigenvalue weighted by atomic mass is 16.4. The summed E-state index contributed by atoms with van der Waals surface area (Å²) in [6, 6.07) is -1.34. The minimum atomic E-state index is -1.05. The summed E-state index contributed by atoms with van der Waals surface area (Å²) in [6.45, 7) is 1.93. The third-order valence-corrected chi connectivity index (χ3v) is 2.20.